The van der Waals surface area contributed by atoms with Crippen molar-refractivity contribution in [2.75, 3.05) is 12.4 Å². The number of rotatable bonds is 5. The lowest BCUT2D eigenvalue weighted by atomic mass is 10.2. The molecule has 4 aromatic rings. The van der Waals surface area contributed by atoms with Crippen LogP contribution in [0.4, 0.5) is 16.1 Å². The molecule has 0 aliphatic rings. The number of methoxy groups -OCH3 is 1. The van der Waals surface area contributed by atoms with E-state index in [1.165, 1.54) is 12.1 Å². The highest BCUT2D eigenvalue weighted by Gasteiger charge is 2.13. The van der Waals surface area contributed by atoms with Gasteiger partial charge in [-0.2, -0.15) is 0 Å². The fraction of sp³-hybridized carbons (Fsp3) is 0.105. The smallest absolute Gasteiger partial charge is 0.320 e. The summed E-state index contributed by atoms with van der Waals surface area (Å²) >= 11 is 0. The van der Waals surface area contributed by atoms with Gasteiger partial charge in [-0.25, -0.2) is 9.37 Å². The minimum atomic E-state index is -0.352. The highest BCUT2D eigenvalue weighted by atomic mass is 19.1. The van der Waals surface area contributed by atoms with Crippen LogP contribution in [0, 0.1) is 12.7 Å². The molecule has 136 valence electrons. The van der Waals surface area contributed by atoms with E-state index in [-0.39, 0.29) is 11.8 Å². The molecule has 2 heterocycles. The third-order valence-corrected chi connectivity index (χ3v) is 3.92. The van der Waals surface area contributed by atoms with Crippen LogP contribution in [0.25, 0.3) is 17.1 Å². The normalized spacial score (nSPS) is 10.8. The molecule has 7 nitrogen and oxygen atoms in total. The molecule has 0 unspecified atom stereocenters. The number of nitrogens with zero attached hydrogens (tertiary/aromatic N) is 4. The maximum atomic E-state index is 13.3. The second-order valence-corrected chi connectivity index (χ2v) is 5.86. The second-order valence-electron chi connectivity index (χ2n) is 5.86. The van der Waals surface area contributed by atoms with Crippen LogP contribution in [-0.4, -0.2) is 26.9 Å². The number of hydrogen-bond acceptors (Lipinski definition) is 6. The van der Waals surface area contributed by atoms with Gasteiger partial charge in [0.05, 0.1) is 24.8 Å². The first-order valence-corrected chi connectivity index (χ1v) is 8.18. The summed E-state index contributed by atoms with van der Waals surface area (Å²) in [6, 6.07) is 11.7. The van der Waals surface area contributed by atoms with E-state index >= 15 is 0 Å². The number of hydrogen-bond donors (Lipinski definition) is 1. The van der Waals surface area contributed by atoms with Gasteiger partial charge < -0.3 is 19.0 Å². The van der Waals surface area contributed by atoms with Crippen molar-refractivity contribution >= 4 is 11.7 Å². The van der Waals surface area contributed by atoms with Crippen LogP contribution < -0.4 is 10.1 Å². The van der Waals surface area contributed by atoms with E-state index < -0.39 is 0 Å². The third-order valence-electron chi connectivity index (χ3n) is 3.92. The van der Waals surface area contributed by atoms with Gasteiger partial charge in [-0.3, -0.25) is 0 Å². The molecule has 0 bridgehead atoms. The quantitative estimate of drug-likeness (QED) is 0.573. The van der Waals surface area contributed by atoms with Gasteiger partial charge in [0, 0.05) is 17.4 Å². The standard InChI is InChI=1S/C19H16FN5O2/c1-12-10-25(11-21-12)16-7-6-13(8-17(16)26-2)18-23-24-19(27-18)22-15-5-3-4-14(20)9-15/h3-11H,1-2H3,(H,22,24). The van der Waals surface area contributed by atoms with Crippen molar-refractivity contribution in [1.29, 1.82) is 0 Å². The van der Waals surface area contributed by atoms with Crippen molar-refractivity contribution in [1.82, 2.24) is 19.7 Å². The summed E-state index contributed by atoms with van der Waals surface area (Å²) in [5, 5.41) is 10.9. The topological polar surface area (TPSA) is 78.0 Å². The van der Waals surface area contributed by atoms with Gasteiger partial charge in [-0.15, -0.1) is 5.10 Å². The van der Waals surface area contributed by atoms with E-state index in [1.54, 1.807) is 25.6 Å². The predicted octanol–water partition coefficient (Wildman–Crippen LogP) is 4.12. The zero-order chi connectivity index (χ0) is 18.8. The lowest BCUT2D eigenvalue weighted by Crippen LogP contribution is -1.96. The number of aromatic nitrogens is 4. The Balaban J connectivity index is 1.61. The van der Waals surface area contributed by atoms with Crippen molar-refractivity contribution < 1.29 is 13.5 Å². The van der Waals surface area contributed by atoms with Gasteiger partial charge >= 0.3 is 6.01 Å². The molecular weight excluding hydrogens is 349 g/mol. The van der Waals surface area contributed by atoms with Crippen LogP contribution in [0.2, 0.25) is 0 Å². The summed E-state index contributed by atoms with van der Waals surface area (Å²) in [6.07, 6.45) is 3.63. The van der Waals surface area contributed by atoms with Crippen molar-refractivity contribution in [3.05, 3.63) is 66.5 Å². The Kier molecular flexibility index (Phi) is 4.29. The molecule has 8 heteroatoms. The molecule has 1 N–H and O–H groups in total. The maximum absolute atomic E-state index is 13.3. The van der Waals surface area contributed by atoms with Crippen LogP contribution >= 0.6 is 0 Å². The fourth-order valence-corrected chi connectivity index (χ4v) is 2.66. The van der Waals surface area contributed by atoms with E-state index in [0.29, 0.717) is 22.9 Å². The zero-order valence-corrected chi connectivity index (χ0v) is 14.7. The largest absolute Gasteiger partial charge is 0.495 e. The number of anilines is 2. The van der Waals surface area contributed by atoms with Gasteiger partial charge in [-0.1, -0.05) is 11.2 Å². The fourth-order valence-electron chi connectivity index (χ4n) is 2.66. The number of nitrogens with one attached hydrogen (secondary N) is 1. The van der Waals surface area contributed by atoms with Gasteiger partial charge in [0.2, 0.25) is 5.89 Å². The molecule has 27 heavy (non-hydrogen) atoms. The molecule has 0 radical (unpaired) electrons. The first kappa shape index (κ1) is 16.8. The first-order chi connectivity index (χ1) is 13.1. The molecule has 2 aromatic heterocycles. The number of aryl methyl sites for hydroxylation is 1. The Morgan fingerprint density at radius 3 is 2.78 bits per heavy atom. The van der Waals surface area contributed by atoms with E-state index in [0.717, 1.165) is 11.4 Å². The predicted molar refractivity (Wildman–Crippen MR) is 97.8 cm³/mol. The van der Waals surface area contributed by atoms with E-state index in [1.807, 2.05) is 35.9 Å². The summed E-state index contributed by atoms with van der Waals surface area (Å²) in [5.41, 5.74) is 2.98. The summed E-state index contributed by atoms with van der Waals surface area (Å²) in [5.74, 6) is 0.609. The molecule has 4 rings (SSSR count). The Hall–Kier alpha value is -3.68. The molecule has 2 aromatic carbocycles. The summed E-state index contributed by atoms with van der Waals surface area (Å²) < 4.78 is 26.3. The minimum absolute atomic E-state index is 0.170. The average Bonchev–Trinajstić information content (AvgIpc) is 3.30. The van der Waals surface area contributed by atoms with Crippen LogP contribution in [-0.2, 0) is 0 Å². The number of imidazole rings is 1. The lowest BCUT2D eigenvalue weighted by Gasteiger charge is -2.09. The molecule has 0 spiro atoms. The second kappa shape index (κ2) is 6.91. The Morgan fingerprint density at radius 1 is 1.15 bits per heavy atom. The summed E-state index contributed by atoms with van der Waals surface area (Å²) in [6.45, 7) is 1.92. The van der Waals surface area contributed by atoms with Gasteiger partial charge in [0.25, 0.3) is 0 Å². The van der Waals surface area contributed by atoms with Crippen LogP contribution in [0.1, 0.15) is 5.69 Å². The first-order valence-electron chi connectivity index (χ1n) is 8.18. The molecular formula is C19H16FN5O2. The molecule has 0 saturated heterocycles. The Bertz CT molecular complexity index is 1090. The SMILES string of the molecule is COc1cc(-c2nnc(Nc3cccc(F)c3)o2)ccc1-n1cnc(C)c1. The molecule has 0 aliphatic heterocycles. The van der Waals surface area contributed by atoms with Crippen LogP contribution in [0.15, 0.2) is 59.4 Å². The minimum Gasteiger partial charge on any atom is -0.495 e. The van der Waals surface area contributed by atoms with Gasteiger partial charge in [0.1, 0.15) is 11.6 Å². The summed E-state index contributed by atoms with van der Waals surface area (Å²) in [4.78, 5) is 4.23. The zero-order valence-electron chi connectivity index (χ0n) is 14.7. The highest BCUT2D eigenvalue weighted by Crippen LogP contribution is 2.30. The van der Waals surface area contributed by atoms with Gasteiger partial charge in [0.15, 0.2) is 0 Å². The monoisotopic (exact) mass is 365 g/mol. The Morgan fingerprint density at radius 2 is 2.04 bits per heavy atom. The summed E-state index contributed by atoms with van der Waals surface area (Å²) in [7, 11) is 1.59. The van der Waals surface area contributed by atoms with Crippen molar-refractivity contribution in [3.8, 4) is 22.9 Å². The number of benzene rings is 2. The molecule has 0 amide bonds. The highest BCUT2D eigenvalue weighted by molar-refractivity contribution is 5.63. The molecule has 0 aliphatic carbocycles. The van der Waals surface area contributed by atoms with Crippen molar-refractivity contribution in [3.63, 3.8) is 0 Å². The van der Waals surface area contributed by atoms with Crippen LogP contribution in [0.3, 0.4) is 0 Å². The number of halogens is 1. The molecule has 0 atom stereocenters. The van der Waals surface area contributed by atoms with Crippen LogP contribution in [0.5, 0.6) is 5.75 Å². The van der Waals surface area contributed by atoms with E-state index in [4.69, 9.17) is 9.15 Å². The lowest BCUT2D eigenvalue weighted by molar-refractivity contribution is 0.413. The van der Waals surface area contributed by atoms with Crippen molar-refractivity contribution in [2.45, 2.75) is 6.92 Å². The molecule has 0 fully saturated rings. The average molecular weight is 365 g/mol. The van der Waals surface area contributed by atoms with Crippen molar-refractivity contribution in [2.24, 2.45) is 0 Å². The van der Waals surface area contributed by atoms with E-state index in [2.05, 4.69) is 20.5 Å². The Labute approximate surface area is 154 Å². The number of ether oxygens (including phenoxy) is 1. The van der Waals surface area contributed by atoms with E-state index in [9.17, 15) is 4.39 Å². The third kappa shape index (κ3) is 3.50. The van der Waals surface area contributed by atoms with Gasteiger partial charge in [-0.05, 0) is 43.3 Å². The maximum Gasteiger partial charge on any atom is 0.320 e. The molecule has 0 saturated carbocycles.